The van der Waals surface area contributed by atoms with E-state index >= 15 is 0 Å². The highest BCUT2D eigenvalue weighted by Gasteiger charge is 2.13. The number of hydrogen-bond acceptors (Lipinski definition) is 5. The summed E-state index contributed by atoms with van der Waals surface area (Å²) in [6, 6.07) is 13.9. The van der Waals surface area contributed by atoms with Crippen LogP contribution in [0.5, 0.6) is 0 Å². The molecule has 2 rings (SSSR count). The summed E-state index contributed by atoms with van der Waals surface area (Å²) in [7, 11) is 3.53. The van der Waals surface area contributed by atoms with E-state index in [1.54, 1.807) is 31.3 Å². The van der Waals surface area contributed by atoms with Gasteiger partial charge in [0, 0.05) is 43.3 Å². The van der Waals surface area contributed by atoms with Gasteiger partial charge in [-0.25, -0.2) is 0 Å². The molecule has 0 amide bonds. The van der Waals surface area contributed by atoms with Crippen LogP contribution in [0.25, 0.3) is 0 Å². The summed E-state index contributed by atoms with van der Waals surface area (Å²) in [5.41, 5.74) is 2.80. The molecule has 21 heavy (non-hydrogen) atoms. The molecule has 6 nitrogen and oxygen atoms in total. The Morgan fingerprint density at radius 2 is 1.86 bits per heavy atom. The molecule has 0 aliphatic carbocycles. The fraction of sp³-hybridized carbons (Fsp3) is 0.133. The summed E-state index contributed by atoms with van der Waals surface area (Å²) < 4.78 is 0. The number of nitrogens with zero attached hydrogens (tertiary/aromatic N) is 3. The fourth-order valence-electron chi connectivity index (χ4n) is 1.95. The zero-order valence-corrected chi connectivity index (χ0v) is 11.7. The number of hydrogen-bond donors (Lipinski definition) is 1. The van der Waals surface area contributed by atoms with Crippen molar-refractivity contribution >= 4 is 22.7 Å². The summed E-state index contributed by atoms with van der Waals surface area (Å²) in [4.78, 5) is 12.4. The van der Waals surface area contributed by atoms with Gasteiger partial charge in [-0.3, -0.25) is 10.1 Å². The first-order valence-electron chi connectivity index (χ1n) is 6.26. The normalized spacial score (nSPS) is 9.76. The van der Waals surface area contributed by atoms with Crippen molar-refractivity contribution in [2.45, 2.75) is 0 Å². The van der Waals surface area contributed by atoms with Crippen molar-refractivity contribution in [2.75, 3.05) is 24.3 Å². The molecule has 0 radical (unpaired) electrons. The van der Waals surface area contributed by atoms with Crippen molar-refractivity contribution in [2.24, 2.45) is 0 Å². The van der Waals surface area contributed by atoms with Gasteiger partial charge in [-0.15, -0.1) is 0 Å². The van der Waals surface area contributed by atoms with Crippen LogP contribution in [-0.4, -0.2) is 19.0 Å². The average molecular weight is 282 g/mol. The molecule has 106 valence electrons. The Morgan fingerprint density at radius 1 is 1.19 bits per heavy atom. The van der Waals surface area contributed by atoms with Crippen molar-refractivity contribution in [3.05, 3.63) is 58.1 Å². The van der Waals surface area contributed by atoms with E-state index in [1.165, 1.54) is 12.1 Å². The monoisotopic (exact) mass is 282 g/mol. The lowest BCUT2D eigenvalue weighted by Crippen LogP contribution is -2.10. The minimum absolute atomic E-state index is 0.0253. The molecule has 0 aliphatic heterocycles. The molecule has 0 aliphatic rings. The second-order valence-corrected chi connectivity index (χ2v) is 4.46. The number of nitro groups is 1. The second-order valence-electron chi connectivity index (χ2n) is 4.46. The van der Waals surface area contributed by atoms with Crippen LogP contribution >= 0.6 is 0 Å². The minimum atomic E-state index is -0.420. The molecule has 1 N–H and O–H groups in total. The topological polar surface area (TPSA) is 82.2 Å². The van der Waals surface area contributed by atoms with Gasteiger partial charge in [0.1, 0.15) is 0 Å². The lowest BCUT2D eigenvalue weighted by Gasteiger charge is -2.20. The van der Waals surface area contributed by atoms with E-state index in [-0.39, 0.29) is 5.69 Å². The van der Waals surface area contributed by atoms with E-state index in [9.17, 15) is 10.1 Å². The van der Waals surface area contributed by atoms with E-state index in [1.807, 2.05) is 18.0 Å². The third kappa shape index (κ3) is 3.09. The van der Waals surface area contributed by atoms with Crippen LogP contribution < -0.4 is 10.2 Å². The van der Waals surface area contributed by atoms with Gasteiger partial charge in [0.2, 0.25) is 0 Å². The zero-order chi connectivity index (χ0) is 15.4. The maximum absolute atomic E-state index is 11.0. The number of benzene rings is 2. The summed E-state index contributed by atoms with van der Waals surface area (Å²) in [5, 5.41) is 22.7. The van der Waals surface area contributed by atoms with Crippen LogP contribution in [0.4, 0.5) is 22.7 Å². The number of anilines is 3. The van der Waals surface area contributed by atoms with Crippen LogP contribution in [-0.2, 0) is 0 Å². The van der Waals surface area contributed by atoms with Crippen LogP contribution in [0.1, 0.15) is 5.56 Å². The van der Waals surface area contributed by atoms with E-state index in [0.29, 0.717) is 16.9 Å². The summed E-state index contributed by atoms with van der Waals surface area (Å²) >= 11 is 0. The molecular weight excluding hydrogens is 268 g/mol. The number of nitriles is 1. The van der Waals surface area contributed by atoms with Crippen LogP contribution in [0, 0.1) is 21.4 Å². The van der Waals surface area contributed by atoms with Crippen molar-refractivity contribution in [1.29, 1.82) is 5.26 Å². The highest BCUT2D eigenvalue weighted by atomic mass is 16.6. The number of non-ortho nitro benzene ring substituents is 1. The number of nitrogens with one attached hydrogen (secondary N) is 1. The lowest BCUT2D eigenvalue weighted by molar-refractivity contribution is -0.384. The van der Waals surface area contributed by atoms with Gasteiger partial charge in [-0.05, 0) is 30.3 Å². The Labute approximate surface area is 122 Å². The van der Waals surface area contributed by atoms with E-state index in [2.05, 4.69) is 11.4 Å². The smallest absolute Gasteiger partial charge is 0.273 e. The third-order valence-electron chi connectivity index (χ3n) is 3.17. The Hall–Kier alpha value is -3.07. The maximum atomic E-state index is 11.0. The molecule has 0 aromatic heterocycles. The first-order valence-corrected chi connectivity index (χ1v) is 6.26. The molecule has 2 aromatic carbocycles. The second kappa shape index (κ2) is 5.92. The van der Waals surface area contributed by atoms with Crippen molar-refractivity contribution in [1.82, 2.24) is 0 Å². The molecular formula is C15H14N4O2. The summed E-state index contributed by atoms with van der Waals surface area (Å²) in [6.45, 7) is 0. The number of rotatable bonds is 4. The van der Waals surface area contributed by atoms with Gasteiger partial charge in [-0.1, -0.05) is 0 Å². The molecule has 0 saturated heterocycles. The van der Waals surface area contributed by atoms with Gasteiger partial charge >= 0.3 is 0 Å². The predicted octanol–water partition coefficient (Wildman–Crippen LogP) is 3.28. The SMILES string of the molecule is CNc1cc(N(C)c2ccc(C#N)cc2)cc([N+](=O)[O-])c1. The Balaban J connectivity index is 2.41. The quantitative estimate of drug-likeness (QED) is 0.687. The molecule has 6 heteroatoms. The molecule has 0 heterocycles. The first kappa shape index (κ1) is 14.3. The fourth-order valence-corrected chi connectivity index (χ4v) is 1.95. The Kier molecular flexibility index (Phi) is 4.05. The highest BCUT2D eigenvalue weighted by molar-refractivity contribution is 5.70. The van der Waals surface area contributed by atoms with Crippen LogP contribution in [0.15, 0.2) is 42.5 Å². The van der Waals surface area contributed by atoms with Crippen LogP contribution in [0.2, 0.25) is 0 Å². The van der Waals surface area contributed by atoms with Crippen molar-refractivity contribution in [3.8, 4) is 6.07 Å². The molecule has 0 spiro atoms. The summed E-state index contributed by atoms with van der Waals surface area (Å²) in [5.74, 6) is 0. The minimum Gasteiger partial charge on any atom is -0.388 e. The van der Waals surface area contributed by atoms with E-state index in [0.717, 1.165) is 5.69 Å². The first-order chi connectivity index (χ1) is 10.0. The predicted molar refractivity (Wildman–Crippen MR) is 81.9 cm³/mol. The number of nitro benzene ring substituents is 1. The van der Waals surface area contributed by atoms with Crippen molar-refractivity contribution in [3.63, 3.8) is 0 Å². The molecule has 0 saturated carbocycles. The summed E-state index contributed by atoms with van der Waals surface area (Å²) in [6.07, 6.45) is 0. The molecule has 0 atom stereocenters. The highest BCUT2D eigenvalue weighted by Crippen LogP contribution is 2.30. The van der Waals surface area contributed by atoms with E-state index in [4.69, 9.17) is 5.26 Å². The zero-order valence-electron chi connectivity index (χ0n) is 11.7. The van der Waals surface area contributed by atoms with Gasteiger partial charge in [0.25, 0.3) is 5.69 Å². The molecule has 0 fully saturated rings. The van der Waals surface area contributed by atoms with Gasteiger partial charge < -0.3 is 10.2 Å². The standard InChI is InChI=1S/C15H14N4O2/c1-17-12-7-14(9-15(8-12)19(20)21)18(2)13-5-3-11(10-16)4-6-13/h3-9,17H,1-2H3. The van der Waals surface area contributed by atoms with Crippen LogP contribution in [0.3, 0.4) is 0 Å². The van der Waals surface area contributed by atoms with Gasteiger partial charge in [-0.2, -0.15) is 5.26 Å². The van der Waals surface area contributed by atoms with Crippen molar-refractivity contribution < 1.29 is 4.92 Å². The molecule has 0 unspecified atom stereocenters. The van der Waals surface area contributed by atoms with Gasteiger partial charge in [0.15, 0.2) is 0 Å². The maximum Gasteiger partial charge on any atom is 0.273 e. The molecule has 2 aromatic rings. The Bertz CT molecular complexity index is 705. The lowest BCUT2D eigenvalue weighted by atomic mass is 10.2. The Morgan fingerprint density at radius 3 is 2.38 bits per heavy atom. The largest absolute Gasteiger partial charge is 0.388 e. The van der Waals surface area contributed by atoms with Gasteiger partial charge in [0.05, 0.1) is 16.6 Å². The van der Waals surface area contributed by atoms with E-state index < -0.39 is 4.92 Å². The molecule has 0 bridgehead atoms. The average Bonchev–Trinajstić information content (AvgIpc) is 2.53. The third-order valence-corrected chi connectivity index (χ3v) is 3.17.